The Morgan fingerprint density at radius 3 is 2.41 bits per heavy atom. The van der Waals surface area contributed by atoms with Crippen LogP contribution in [-0.2, 0) is 10.6 Å². The van der Waals surface area contributed by atoms with Crippen molar-refractivity contribution < 1.29 is 13.9 Å². The molecule has 2 nitrogen and oxygen atoms in total. The van der Waals surface area contributed by atoms with Gasteiger partial charge in [0.05, 0.1) is 13.2 Å². The van der Waals surface area contributed by atoms with Crippen LogP contribution in [0.1, 0.15) is 57.8 Å². The minimum atomic E-state index is -0.281. The van der Waals surface area contributed by atoms with Crippen molar-refractivity contribution in [3.63, 3.8) is 0 Å². The molecule has 0 saturated heterocycles. The molecule has 0 aliphatic carbocycles. The van der Waals surface area contributed by atoms with E-state index in [1.54, 1.807) is 19.2 Å². The molecule has 0 aromatic heterocycles. The molecule has 0 bridgehead atoms. The van der Waals surface area contributed by atoms with Gasteiger partial charge in [0.2, 0.25) is 0 Å². The second-order valence-corrected chi connectivity index (χ2v) is 8.14. The molecule has 27 heavy (non-hydrogen) atoms. The summed E-state index contributed by atoms with van der Waals surface area (Å²) in [5, 5.41) is 0. The third kappa shape index (κ3) is 5.46. The molecule has 1 atom stereocenters. The maximum atomic E-state index is 14.7. The molecule has 2 aromatic rings. The predicted octanol–water partition coefficient (Wildman–Crippen LogP) is 7.14. The van der Waals surface area contributed by atoms with Crippen molar-refractivity contribution in [1.29, 1.82) is 0 Å². The molecule has 0 unspecified atom stereocenters. The summed E-state index contributed by atoms with van der Waals surface area (Å²) >= 11 is 6.09. The molecule has 2 rings (SSSR count). The lowest BCUT2D eigenvalue weighted by atomic mass is 9.81. The Hall–Kier alpha value is -1.58. The van der Waals surface area contributed by atoms with Gasteiger partial charge >= 0.3 is 0 Å². The van der Waals surface area contributed by atoms with E-state index >= 15 is 0 Å². The van der Waals surface area contributed by atoms with E-state index in [2.05, 4.69) is 27.7 Å². The summed E-state index contributed by atoms with van der Waals surface area (Å²) in [5.74, 6) is 0.745. The molecule has 0 aliphatic rings. The van der Waals surface area contributed by atoms with E-state index in [4.69, 9.17) is 21.1 Å². The Bertz CT molecular complexity index is 753. The van der Waals surface area contributed by atoms with Crippen LogP contribution in [0.2, 0.25) is 0 Å². The lowest BCUT2D eigenvalue weighted by Crippen LogP contribution is -2.23. The molecular formula is C23H30ClFO2. The van der Waals surface area contributed by atoms with Gasteiger partial charge in [0.15, 0.2) is 0 Å². The maximum absolute atomic E-state index is 14.7. The lowest BCUT2D eigenvalue weighted by Gasteiger charge is -2.33. The fourth-order valence-electron chi connectivity index (χ4n) is 3.15. The Kier molecular flexibility index (Phi) is 7.69. The molecule has 0 amide bonds. The van der Waals surface area contributed by atoms with Gasteiger partial charge in [-0.1, -0.05) is 52.3 Å². The highest BCUT2D eigenvalue weighted by molar-refractivity contribution is 6.17. The topological polar surface area (TPSA) is 18.5 Å². The second kappa shape index (κ2) is 9.57. The van der Waals surface area contributed by atoms with Crippen molar-refractivity contribution in [1.82, 2.24) is 0 Å². The van der Waals surface area contributed by atoms with E-state index in [-0.39, 0.29) is 17.3 Å². The predicted molar refractivity (Wildman–Crippen MR) is 111 cm³/mol. The van der Waals surface area contributed by atoms with E-state index in [0.29, 0.717) is 23.8 Å². The highest BCUT2D eigenvalue weighted by Crippen LogP contribution is 2.42. The van der Waals surface area contributed by atoms with Crippen molar-refractivity contribution in [2.75, 3.05) is 13.7 Å². The molecule has 0 aliphatic heterocycles. The van der Waals surface area contributed by atoms with E-state index in [9.17, 15) is 4.39 Å². The molecule has 0 heterocycles. The van der Waals surface area contributed by atoms with Crippen molar-refractivity contribution in [3.05, 3.63) is 53.3 Å². The minimum absolute atomic E-state index is 0.150. The number of alkyl halides is 1. The van der Waals surface area contributed by atoms with Crippen LogP contribution in [0.15, 0.2) is 36.4 Å². The number of unbranched alkanes of at least 4 members (excludes halogenated alkanes) is 1. The molecule has 148 valence electrons. The van der Waals surface area contributed by atoms with Gasteiger partial charge in [0, 0.05) is 18.1 Å². The van der Waals surface area contributed by atoms with Crippen molar-refractivity contribution in [2.45, 2.75) is 52.5 Å². The van der Waals surface area contributed by atoms with Gasteiger partial charge in [-0.25, -0.2) is 4.39 Å². The summed E-state index contributed by atoms with van der Waals surface area (Å²) in [6.07, 6.45) is 1.88. The minimum Gasteiger partial charge on any atom is -0.497 e. The lowest BCUT2D eigenvalue weighted by molar-refractivity contribution is -0.0207. The van der Waals surface area contributed by atoms with Crippen LogP contribution < -0.4 is 4.74 Å². The van der Waals surface area contributed by atoms with Gasteiger partial charge in [-0.05, 0) is 46.7 Å². The van der Waals surface area contributed by atoms with Crippen molar-refractivity contribution in [3.8, 4) is 16.9 Å². The van der Waals surface area contributed by atoms with Crippen LogP contribution in [0.25, 0.3) is 11.1 Å². The number of methoxy groups -OCH3 is 1. The normalized spacial score (nSPS) is 12.9. The Labute approximate surface area is 167 Å². The number of hydrogen-bond donors (Lipinski definition) is 0. The van der Waals surface area contributed by atoms with Crippen molar-refractivity contribution >= 4 is 11.6 Å². The first-order valence-electron chi connectivity index (χ1n) is 9.46. The summed E-state index contributed by atoms with van der Waals surface area (Å²) < 4.78 is 26.3. The van der Waals surface area contributed by atoms with Crippen LogP contribution in [0.3, 0.4) is 0 Å². The summed E-state index contributed by atoms with van der Waals surface area (Å²) in [6, 6.07) is 10.7. The van der Waals surface area contributed by atoms with E-state index in [1.165, 1.54) is 6.07 Å². The molecule has 2 aromatic carbocycles. The van der Waals surface area contributed by atoms with Crippen LogP contribution in [-0.4, -0.2) is 13.7 Å². The van der Waals surface area contributed by atoms with Gasteiger partial charge in [0.25, 0.3) is 0 Å². The number of hydrogen-bond acceptors (Lipinski definition) is 2. The standard InChI is InChI=1S/C23H30ClFO2/c1-6-7-12-27-22(23(2,3)4)20-13-16(15-24)8-10-18(20)19-14-17(26-5)9-11-21(19)25/h8-11,13-14,22H,6-7,12,15H2,1-5H3/t22-/m0/s1. The zero-order chi connectivity index (χ0) is 20.0. The van der Waals surface area contributed by atoms with Crippen molar-refractivity contribution in [2.24, 2.45) is 5.41 Å². The van der Waals surface area contributed by atoms with Gasteiger partial charge in [-0.15, -0.1) is 11.6 Å². The quantitative estimate of drug-likeness (QED) is 0.351. The maximum Gasteiger partial charge on any atom is 0.131 e. The molecule has 4 heteroatoms. The Balaban J connectivity index is 2.62. The van der Waals surface area contributed by atoms with Crippen LogP contribution >= 0.6 is 11.6 Å². The highest BCUT2D eigenvalue weighted by Gasteiger charge is 2.30. The van der Waals surface area contributed by atoms with E-state index < -0.39 is 0 Å². The first-order valence-corrected chi connectivity index (χ1v) is 9.99. The smallest absolute Gasteiger partial charge is 0.131 e. The SMILES string of the molecule is CCCCO[C@@H](c1cc(CCl)ccc1-c1cc(OC)ccc1F)C(C)(C)C. The second-order valence-electron chi connectivity index (χ2n) is 7.87. The fourth-order valence-corrected chi connectivity index (χ4v) is 3.31. The summed E-state index contributed by atoms with van der Waals surface area (Å²) in [6.45, 7) is 9.23. The summed E-state index contributed by atoms with van der Waals surface area (Å²) in [7, 11) is 1.58. The average molecular weight is 393 g/mol. The monoisotopic (exact) mass is 392 g/mol. The number of ether oxygens (including phenoxy) is 2. The summed E-state index contributed by atoms with van der Waals surface area (Å²) in [5.41, 5.74) is 3.13. The third-order valence-electron chi connectivity index (χ3n) is 4.59. The fraction of sp³-hybridized carbons (Fsp3) is 0.478. The van der Waals surface area contributed by atoms with Gasteiger partial charge in [-0.2, -0.15) is 0 Å². The van der Waals surface area contributed by atoms with E-state index in [0.717, 1.165) is 29.5 Å². The first kappa shape index (κ1) is 21.7. The summed E-state index contributed by atoms with van der Waals surface area (Å²) in [4.78, 5) is 0. The zero-order valence-electron chi connectivity index (χ0n) is 16.9. The first-order chi connectivity index (χ1) is 12.8. The van der Waals surface area contributed by atoms with Gasteiger partial charge in [0.1, 0.15) is 11.6 Å². The molecule has 0 radical (unpaired) electrons. The number of halogens is 2. The number of rotatable bonds is 8. The molecule has 0 spiro atoms. The van der Waals surface area contributed by atoms with Crippen LogP contribution in [0, 0.1) is 11.2 Å². The molecule has 0 saturated carbocycles. The Morgan fingerprint density at radius 1 is 1.07 bits per heavy atom. The Morgan fingerprint density at radius 2 is 1.81 bits per heavy atom. The van der Waals surface area contributed by atoms with Gasteiger partial charge < -0.3 is 9.47 Å². The van der Waals surface area contributed by atoms with Gasteiger partial charge in [-0.3, -0.25) is 0 Å². The highest BCUT2D eigenvalue weighted by atomic mass is 35.5. The average Bonchev–Trinajstić information content (AvgIpc) is 2.64. The molecular weight excluding hydrogens is 363 g/mol. The molecule has 0 fully saturated rings. The van der Waals surface area contributed by atoms with Crippen LogP contribution in [0.4, 0.5) is 4.39 Å². The number of benzene rings is 2. The zero-order valence-corrected chi connectivity index (χ0v) is 17.7. The van der Waals surface area contributed by atoms with E-state index in [1.807, 2.05) is 18.2 Å². The largest absolute Gasteiger partial charge is 0.497 e. The van der Waals surface area contributed by atoms with Crippen LogP contribution in [0.5, 0.6) is 5.75 Å². The third-order valence-corrected chi connectivity index (χ3v) is 4.89. The molecule has 0 N–H and O–H groups in total.